The minimum Gasteiger partial charge on any atom is -0.465 e. The zero-order valence-corrected chi connectivity index (χ0v) is 10.1. The molecule has 0 radical (unpaired) electrons. The Morgan fingerprint density at radius 1 is 1.12 bits per heavy atom. The van der Waals surface area contributed by atoms with E-state index in [1.54, 1.807) is 6.07 Å². The fraction of sp³-hybridized carbons (Fsp3) is 0.286. The molecular weight excluding hydrogens is 217 g/mol. The van der Waals surface area contributed by atoms with Crippen LogP contribution in [0.2, 0.25) is 0 Å². The molecule has 0 bridgehead atoms. The number of hydrogen-bond acceptors (Lipinski definition) is 2. The van der Waals surface area contributed by atoms with Crippen molar-refractivity contribution in [2.75, 3.05) is 0 Å². The van der Waals surface area contributed by atoms with E-state index in [-0.39, 0.29) is 5.82 Å². The molecule has 1 heterocycles. The van der Waals surface area contributed by atoms with Gasteiger partial charge in [-0.1, -0.05) is 17.7 Å². The second-order valence-electron chi connectivity index (χ2n) is 4.21. The third-order valence-electron chi connectivity index (χ3n) is 2.61. The van der Waals surface area contributed by atoms with Gasteiger partial charge >= 0.3 is 0 Å². The van der Waals surface area contributed by atoms with Crippen LogP contribution in [0.15, 0.2) is 34.7 Å². The van der Waals surface area contributed by atoms with Gasteiger partial charge in [0.05, 0.1) is 6.54 Å². The summed E-state index contributed by atoms with van der Waals surface area (Å²) in [5.41, 5.74) is 1.75. The number of hydrogen-bond donors (Lipinski definition) is 1. The Kier molecular flexibility index (Phi) is 3.59. The molecule has 3 heteroatoms. The van der Waals surface area contributed by atoms with E-state index in [9.17, 15) is 4.39 Å². The van der Waals surface area contributed by atoms with E-state index in [4.69, 9.17) is 4.42 Å². The summed E-state index contributed by atoms with van der Waals surface area (Å²) in [5, 5.41) is 3.17. The Hall–Kier alpha value is -1.61. The van der Waals surface area contributed by atoms with Crippen LogP contribution in [0.5, 0.6) is 0 Å². The third kappa shape index (κ3) is 3.17. The Balaban J connectivity index is 1.91. The van der Waals surface area contributed by atoms with Crippen LogP contribution in [0.3, 0.4) is 0 Å². The van der Waals surface area contributed by atoms with E-state index in [1.807, 2.05) is 32.0 Å². The molecule has 0 atom stereocenters. The molecule has 0 saturated carbocycles. The SMILES string of the molecule is Cc1ccc(F)c(CNCc2ccc(C)o2)c1. The average molecular weight is 233 g/mol. The monoisotopic (exact) mass is 233 g/mol. The van der Waals surface area contributed by atoms with Crippen molar-refractivity contribution in [1.29, 1.82) is 0 Å². The molecule has 1 N–H and O–H groups in total. The molecular formula is C14H16FNO. The van der Waals surface area contributed by atoms with Gasteiger partial charge in [0.2, 0.25) is 0 Å². The molecule has 0 fully saturated rings. The number of aryl methyl sites for hydroxylation is 2. The van der Waals surface area contributed by atoms with Crippen LogP contribution in [0.25, 0.3) is 0 Å². The number of furan rings is 1. The van der Waals surface area contributed by atoms with Crippen molar-refractivity contribution in [2.45, 2.75) is 26.9 Å². The van der Waals surface area contributed by atoms with Crippen LogP contribution in [0, 0.1) is 19.7 Å². The van der Waals surface area contributed by atoms with E-state index in [0.717, 1.165) is 17.1 Å². The highest BCUT2D eigenvalue weighted by atomic mass is 19.1. The maximum Gasteiger partial charge on any atom is 0.127 e. The summed E-state index contributed by atoms with van der Waals surface area (Å²) in [7, 11) is 0. The highest BCUT2D eigenvalue weighted by molar-refractivity contribution is 5.23. The zero-order valence-electron chi connectivity index (χ0n) is 10.1. The lowest BCUT2D eigenvalue weighted by Gasteiger charge is -2.05. The maximum absolute atomic E-state index is 13.4. The molecule has 0 aliphatic rings. The summed E-state index contributed by atoms with van der Waals surface area (Å²) in [6, 6.07) is 8.98. The van der Waals surface area contributed by atoms with Crippen molar-refractivity contribution in [3.05, 3.63) is 58.8 Å². The summed E-state index contributed by atoms with van der Waals surface area (Å²) in [5.74, 6) is 1.60. The Labute approximate surface area is 100 Å². The smallest absolute Gasteiger partial charge is 0.127 e. The van der Waals surface area contributed by atoms with Crippen molar-refractivity contribution >= 4 is 0 Å². The summed E-state index contributed by atoms with van der Waals surface area (Å²) in [6.07, 6.45) is 0. The number of rotatable bonds is 4. The van der Waals surface area contributed by atoms with Crippen LogP contribution in [-0.2, 0) is 13.1 Å². The molecule has 1 aromatic carbocycles. The fourth-order valence-corrected chi connectivity index (χ4v) is 1.74. The van der Waals surface area contributed by atoms with Gasteiger partial charge in [-0.2, -0.15) is 0 Å². The number of nitrogens with one attached hydrogen (secondary N) is 1. The van der Waals surface area contributed by atoms with Crippen LogP contribution >= 0.6 is 0 Å². The molecule has 0 saturated heterocycles. The first-order valence-corrected chi connectivity index (χ1v) is 5.66. The average Bonchev–Trinajstić information content (AvgIpc) is 2.69. The molecule has 2 rings (SSSR count). The Bertz CT molecular complexity index is 505. The minimum atomic E-state index is -0.168. The topological polar surface area (TPSA) is 25.2 Å². The lowest BCUT2D eigenvalue weighted by Crippen LogP contribution is -2.13. The van der Waals surface area contributed by atoms with Crippen molar-refractivity contribution in [2.24, 2.45) is 0 Å². The van der Waals surface area contributed by atoms with E-state index in [2.05, 4.69) is 5.32 Å². The molecule has 90 valence electrons. The van der Waals surface area contributed by atoms with Crippen molar-refractivity contribution in [1.82, 2.24) is 5.32 Å². The van der Waals surface area contributed by atoms with Gasteiger partial charge in [0, 0.05) is 12.1 Å². The molecule has 2 aromatic rings. The van der Waals surface area contributed by atoms with Crippen molar-refractivity contribution in [3.8, 4) is 0 Å². The summed E-state index contributed by atoms with van der Waals surface area (Å²) < 4.78 is 18.9. The highest BCUT2D eigenvalue weighted by Gasteiger charge is 2.03. The molecule has 2 nitrogen and oxygen atoms in total. The van der Waals surface area contributed by atoms with Crippen LogP contribution in [-0.4, -0.2) is 0 Å². The summed E-state index contributed by atoms with van der Waals surface area (Å²) >= 11 is 0. The van der Waals surface area contributed by atoms with Crippen molar-refractivity contribution in [3.63, 3.8) is 0 Å². The quantitative estimate of drug-likeness (QED) is 0.876. The first kappa shape index (κ1) is 11.9. The maximum atomic E-state index is 13.4. The Morgan fingerprint density at radius 2 is 1.94 bits per heavy atom. The molecule has 0 unspecified atom stereocenters. The zero-order chi connectivity index (χ0) is 12.3. The number of benzene rings is 1. The molecule has 0 aliphatic carbocycles. The standard InChI is InChI=1S/C14H16FNO/c1-10-3-6-14(15)12(7-10)8-16-9-13-5-4-11(2)17-13/h3-7,16H,8-9H2,1-2H3. The highest BCUT2D eigenvalue weighted by Crippen LogP contribution is 2.10. The van der Waals surface area contributed by atoms with Gasteiger partial charge in [0.15, 0.2) is 0 Å². The summed E-state index contributed by atoms with van der Waals surface area (Å²) in [4.78, 5) is 0. The molecule has 0 amide bonds. The number of halogens is 1. The summed E-state index contributed by atoms with van der Waals surface area (Å²) in [6.45, 7) is 4.98. The van der Waals surface area contributed by atoms with Crippen molar-refractivity contribution < 1.29 is 8.81 Å². The lowest BCUT2D eigenvalue weighted by atomic mass is 10.1. The van der Waals surface area contributed by atoms with E-state index < -0.39 is 0 Å². The van der Waals surface area contributed by atoms with Crippen LogP contribution < -0.4 is 5.32 Å². The lowest BCUT2D eigenvalue weighted by molar-refractivity contribution is 0.459. The third-order valence-corrected chi connectivity index (χ3v) is 2.61. The van der Waals surface area contributed by atoms with Gasteiger partial charge in [-0.05, 0) is 32.0 Å². The molecule has 0 spiro atoms. The van der Waals surface area contributed by atoms with Gasteiger partial charge in [-0.25, -0.2) is 4.39 Å². The van der Waals surface area contributed by atoms with Crippen LogP contribution in [0.4, 0.5) is 4.39 Å². The van der Waals surface area contributed by atoms with Gasteiger partial charge < -0.3 is 9.73 Å². The van der Waals surface area contributed by atoms with E-state index in [1.165, 1.54) is 6.07 Å². The van der Waals surface area contributed by atoms with Gasteiger partial charge in [0.25, 0.3) is 0 Å². The minimum absolute atomic E-state index is 0.168. The normalized spacial score (nSPS) is 10.8. The van der Waals surface area contributed by atoms with E-state index >= 15 is 0 Å². The Morgan fingerprint density at radius 3 is 2.65 bits per heavy atom. The largest absolute Gasteiger partial charge is 0.465 e. The second-order valence-corrected chi connectivity index (χ2v) is 4.21. The first-order valence-electron chi connectivity index (χ1n) is 5.66. The second kappa shape index (κ2) is 5.15. The predicted molar refractivity (Wildman–Crippen MR) is 65.1 cm³/mol. The van der Waals surface area contributed by atoms with Gasteiger partial charge in [0.1, 0.15) is 17.3 Å². The van der Waals surface area contributed by atoms with Gasteiger partial charge in [-0.15, -0.1) is 0 Å². The van der Waals surface area contributed by atoms with E-state index in [0.29, 0.717) is 18.7 Å². The molecule has 0 aliphatic heterocycles. The van der Waals surface area contributed by atoms with Crippen LogP contribution in [0.1, 0.15) is 22.6 Å². The molecule has 17 heavy (non-hydrogen) atoms. The first-order chi connectivity index (χ1) is 8.15. The van der Waals surface area contributed by atoms with Gasteiger partial charge in [-0.3, -0.25) is 0 Å². The fourth-order valence-electron chi connectivity index (χ4n) is 1.74. The molecule has 1 aromatic heterocycles. The predicted octanol–water partition coefficient (Wildman–Crippen LogP) is 3.33.